The Kier molecular flexibility index (Phi) is 46.1. The van der Waals surface area contributed by atoms with E-state index in [0.29, 0.717) is 0 Å². The molecule has 0 bridgehead atoms. The van der Waals surface area contributed by atoms with Gasteiger partial charge in [0.15, 0.2) is 0 Å². The van der Waals surface area contributed by atoms with Gasteiger partial charge >= 0.3 is 0 Å². The van der Waals surface area contributed by atoms with E-state index in [2.05, 4.69) is 40.5 Å². The summed E-state index contributed by atoms with van der Waals surface area (Å²) in [5.41, 5.74) is 0. The van der Waals surface area contributed by atoms with Crippen molar-refractivity contribution in [2.24, 2.45) is 0 Å². The molecule has 0 rings (SSSR count). The van der Waals surface area contributed by atoms with E-state index in [1.807, 2.05) is 18.2 Å². The van der Waals surface area contributed by atoms with E-state index in [9.17, 15) is 0 Å². The molecule has 0 aromatic heterocycles. The molecule has 12 heavy (non-hydrogen) atoms. The summed E-state index contributed by atoms with van der Waals surface area (Å²) in [5, 5.41) is 0. The van der Waals surface area contributed by atoms with E-state index in [-0.39, 0.29) is 0 Å². The average Bonchev–Trinajstić information content (AvgIpc) is 2.18. The van der Waals surface area contributed by atoms with E-state index < -0.39 is 0 Å². The monoisotopic (exact) mass is 168 g/mol. The van der Waals surface area contributed by atoms with Gasteiger partial charge in [-0.2, -0.15) is 0 Å². The van der Waals surface area contributed by atoms with Crippen LogP contribution in [0.15, 0.2) is 38.0 Å². The summed E-state index contributed by atoms with van der Waals surface area (Å²) in [6.07, 6.45) is 8.88. The minimum atomic E-state index is 1.08. The highest BCUT2D eigenvalue weighted by atomic mass is 13.5. The van der Waals surface area contributed by atoms with Crippen molar-refractivity contribution in [2.45, 2.75) is 40.0 Å². The van der Waals surface area contributed by atoms with E-state index in [0.717, 1.165) is 19.3 Å². The molecule has 0 nitrogen and oxygen atoms in total. The van der Waals surface area contributed by atoms with E-state index in [4.69, 9.17) is 0 Å². The first-order valence-electron chi connectivity index (χ1n) is 4.57. The topological polar surface area (TPSA) is 0 Å². The lowest BCUT2D eigenvalue weighted by atomic mass is 10.5. The third-order valence-electron chi connectivity index (χ3n) is 0.866. The molecular formula is C12H24. The van der Waals surface area contributed by atoms with Gasteiger partial charge in [-0.1, -0.05) is 39.0 Å². The second kappa shape index (κ2) is 31.9. The SMILES string of the molecule is C=CCC.C=CCC.C=CCC. The first-order valence-corrected chi connectivity index (χ1v) is 4.57. The Morgan fingerprint density at radius 1 is 0.667 bits per heavy atom. The van der Waals surface area contributed by atoms with Gasteiger partial charge in [0.2, 0.25) is 0 Å². The highest BCUT2D eigenvalue weighted by Gasteiger charge is 1.46. The predicted octanol–water partition coefficient (Wildman–Crippen LogP) is 4.75. The Bertz CT molecular complexity index is 61.0. The largest absolute Gasteiger partial charge is 0.103 e. The van der Waals surface area contributed by atoms with Crippen LogP contribution in [0.5, 0.6) is 0 Å². The lowest BCUT2D eigenvalue weighted by Crippen LogP contribution is -1.36. The first kappa shape index (κ1) is 17.3. The van der Waals surface area contributed by atoms with E-state index in [1.165, 1.54) is 0 Å². The van der Waals surface area contributed by atoms with Crippen molar-refractivity contribution in [3.63, 3.8) is 0 Å². The van der Waals surface area contributed by atoms with Gasteiger partial charge in [0.1, 0.15) is 0 Å². The Hall–Kier alpha value is -0.780. The Balaban J connectivity index is -0.000000101. The van der Waals surface area contributed by atoms with Crippen molar-refractivity contribution in [1.29, 1.82) is 0 Å². The summed E-state index contributed by atoms with van der Waals surface area (Å²) in [5.74, 6) is 0. The highest BCUT2D eigenvalue weighted by molar-refractivity contribution is 4.60. The molecule has 0 heteroatoms. The average molecular weight is 168 g/mol. The summed E-state index contributed by atoms with van der Waals surface area (Å²) in [6.45, 7) is 16.6. The van der Waals surface area contributed by atoms with Gasteiger partial charge < -0.3 is 0 Å². The molecule has 0 fully saturated rings. The molecule has 0 heterocycles. The first-order chi connectivity index (χ1) is 5.74. The molecule has 72 valence electrons. The number of hydrogen-bond donors (Lipinski definition) is 0. The normalized spacial score (nSPS) is 6.25. The quantitative estimate of drug-likeness (QED) is 0.534. The number of hydrogen-bond acceptors (Lipinski definition) is 0. The molecule has 0 aromatic carbocycles. The Morgan fingerprint density at radius 2 is 0.750 bits per heavy atom. The van der Waals surface area contributed by atoms with Gasteiger partial charge in [-0.3, -0.25) is 0 Å². The zero-order valence-corrected chi connectivity index (χ0v) is 8.97. The molecule has 0 unspecified atom stereocenters. The fourth-order valence-corrected chi connectivity index (χ4v) is 0. The maximum absolute atomic E-state index is 3.48. The maximum atomic E-state index is 3.48. The number of allylic oxidation sites excluding steroid dienone is 3. The van der Waals surface area contributed by atoms with Crippen LogP contribution < -0.4 is 0 Å². The van der Waals surface area contributed by atoms with Crippen molar-refractivity contribution in [1.82, 2.24) is 0 Å². The molecule has 0 N–H and O–H groups in total. The standard InChI is InChI=1S/3C4H8/c3*1-3-4-2/h3*3H,1,4H2,2H3. The van der Waals surface area contributed by atoms with Crippen LogP contribution in [-0.2, 0) is 0 Å². The molecule has 0 aromatic rings. The van der Waals surface area contributed by atoms with Crippen LogP contribution >= 0.6 is 0 Å². The van der Waals surface area contributed by atoms with E-state index in [1.54, 1.807) is 0 Å². The van der Waals surface area contributed by atoms with Crippen LogP contribution in [0.4, 0.5) is 0 Å². The molecule has 0 saturated heterocycles. The van der Waals surface area contributed by atoms with Crippen LogP contribution in [-0.4, -0.2) is 0 Å². The summed E-state index contributed by atoms with van der Waals surface area (Å²) in [7, 11) is 0. The number of rotatable bonds is 3. The molecule has 0 spiro atoms. The lowest BCUT2D eigenvalue weighted by molar-refractivity contribution is 1.23. The summed E-state index contributed by atoms with van der Waals surface area (Å²) >= 11 is 0. The third kappa shape index (κ3) is 126. The van der Waals surface area contributed by atoms with Crippen molar-refractivity contribution in [3.05, 3.63) is 38.0 Å². The van der Waals surface area contributed by atoms with Crippen molar-refractivity contribution < 1.29 is 0 Å². The fourth-order valence-electron chi connectivity index (χ4n) is 0. The van der Waals surface area contributed by atoms with Gasteiger partial charge in [0, 0.05) is 0 Å². The molecule has 0 saturated carbocycles. The van der Waals surface area contributed by atoms with Gasteiger partial charge in [-0.15, -0.1) is 19.7 Å². The summed E-state index contributed by atoms with van der Waals surface area (Å²) < 4.78 is 0. The fraction of sp³-hybridized carbons (Fsp3) is 0.500. The molecule has 0 aliphatic rings. The van der Waals surface area contributed by atoms with Crippen molar-refractivity contribution >= 4 is 0 Å². The minimum Gasteiger partial charge on any atom is -0.103 e. The van der Waals surface area contributed by atoms with Gasteiger partial charge in [-0.05, 0) is 19.3 Å². The minimum absolute atomic E-state index is 1.08. The van der Waals surface area contributed by atoms with Crippen LogP contribution in [0, 0.1) is 0 Å². The Morgan fingerprint density at radius 3 is 0.750 bits per heavy atom. The molecule has 0 amide bonds. The predicted molar refractivity (Wildman–Crippen MR) is 61.5 cm³/mol. The van der Waals surface area contributed by atoms with Gasteiger partial charge in [0.05, 0.1) is 0 Å². The van der Waals surface area contributed by atoms with Crippen LogP contribution in [0.1, 0.15) is 40.0 Å². The molecule has 0 aliphatic heterocycles. The smallest absolute Gasteiger partial charge is 0.0382 e. The van der Waals surface area contributed by atoms with Crippen LogP contribution in [0.25, 0.3) is 0 Å². The molecule has 0 aliphatic carbocycles. The van der Waals surface area contributed by atoms with Crippen molar-refractivity contribution in [2.75, 3.05) is 0 Å². The summed E-state index contributed by atoms with van der Waals surface area (Å²) in [6, 6.07) is 0. The van der Waals surface area contributed by atoms with Gasteiger partial charge in [-0.25, -0.2) is 0 Å². The Labute approximate surface area is 78.7 Å². The second-order valence-electron chi connectivity index (χ2n) is 2.09. The maximum Gasteiger partial charge on any atom is -0.0382 e. The van der Waals surface area contributed by atoms with E-state index >= 15 is 0 Å². The summed E-state index contributed by atoms with van der Waals surface area (Å²) in [4.78, 5) is 0. The van der Waals surface area contributed by atoms with Gasteiger partial charge in [0.25, 0.3) is 0 Å². The lowest BCUT2D eigenvalue weighted by Gasteiger charge is -1.57. The second-order valence-corrected chi connectivity index (χ2v) is 2.09. The highest BCUT2D eigenvalue weighted by Crippen LogP contribution is 1.67. The van der Waals surface area contributed by atoms with Crippen LogP contribution in [0.2, 0.25) is 0 Å². The zero-order chi connectivity index (χ0) is 10.2. The molecule has 0 radical (unpaired) electrons. The third-order valence-corrected chi connectivity index (χ3v) is 0.866. The van der Waals surface area contributed by atoms with Crippen LogP contribution in [0.3, 0.4) is 0 Å². The molecule has 0 atom stereocenters. The van der Waals surface area contributed by atoms with Crippen molar-refractivity contribution in [3.8, 4) is 0 Å². The molecular weight excluding hydrogens is 144 g/mol. The zero-order valence-electron chi connectivity index (χ0n) is 8.97.